The molecule has 4 heteroatoms. The van der Waals surface area contributed by atoms with E-state index in [-0.39, 0.29) is 24.3 Å². The van der Waals surface area contributed by atoms with Crippen molar-refractivity contribution in [3.05, 3.63) is 0 Å². The molecule has 1 aliphatic heterocycles. The molecular weight excluding hydrogens is 206 g/mol. The quantitative estimate of drug-likeness (QED) is 0.715. The number of imide groups is 1. The zero-order chi connectivity index (χ0) is 11.8. The number of amides is 2. The van der Waals surface area contributed by atoms with Gasteiger partial charge < -0.3 is 5.11 Å². The van der Waals surface area contributed by atoms with Gasteiger partial charge in [0.05, 0.1) is 12.1 Å². The predicted octanol–water partition coefficient (Wildman–Crippen LogP) is 1.08. The minimum absolute atomic E-state index is 0.121. The van der Waals surface area contributed by atoms with Gasteiger partial charge >= 0.3 is 0 Å². The van der Waals surface area contributed by atoms with E-state index >= 15 is 0 Å². The van der Waals surface area contributed by atoms with Gasteiger partial charge in [-0.2, -0.15) is 0 Å². The van der Waals surface area contributed by atoms with E-state index in [0.717, 1.165) is 12.8 Å². The summed E-state index contributed by atoms with van der Waals surface area (Å²) in [6.07, 6.45) is 4.26. The van der Waals surface area contributed by atoms with Gasteiger partial charge in [0.25, 0.3) is 0 Å². The van der Waals surface area contributed by atoms with Crippen LogP contribution < -0.4 is 0 Å². The van der Waals surface area contributed by atoms with Crippen molar-refractivity contribution in [2.75, 3.05) is 6.54 Å². The lowest BCUT2D eigenvalue weighted by atomic mass is 9.95. The second kappa shape index (κ2) is 4.17. The number of likely N-dealkylation sites (tertiary alicyclic amines) is 1. The molecule has 0 spiro atoms. The summed E-state index contributed by atoms with van der Waals surface area (Å²) in [7, 11) is 0. The minimum Gasteiger partial charge on any atom is -0.388 e. The lowest BCUT2D eigenvalue weighted by molar-refractivity contribution is -0.153. The predicted molar refractivity (Wildman–Crippen MR) is 58.5 cm³/mol. The molecule has 0 radical (unpaired) electrons. The molecule has 0 unspecified atom stereocenters. The molecule has 2 amide bonds. The molecule has 2 aliphatic rings. The summed E-state index contributed by atoms with van der Waals surface area (Å²) < 4.78 is 0. The Balaban J connectivity index is 2.03. The molecule has 0 aromatic heterocycles. The van der Waals surface area contributed by atoms with Crippen molar-refractivity contribution >= 4 is 11.8 Å². The number of carbonyl (C=O) groups excluding carboxylic acids is 2. The summed E-state index contributed by atoms with van der Waals surface area (Å²) in [4.78, 5) is 24.7. The number of aliphatic hydroxyl groups is 1. The normalized spacial score (nSPS) is 26.5. The molecule has 1 heterocycles. The van der Waals surface area contributed by atoms with Gasteiger partial charge in [-0.1, -0.05) is 19.8 Å². The van der Waals surface area contributed by atoms with Gasteiger partial charge in [0, 0.05) is 12.8 Å². The van der Waals surface area contributed by atoms with E-state index < -0.39 is 5.60 Å². The van der Waals surface area contributed by atoms with E-state index in [1.165, 1.54) is 4.90 Å². The Hall–Kier alpha value is -0.900. The monoisotopic (exact) mass is 225 g/mol. The molecule has 0 atom stereocenters. The van der Waals surface area contributed by atoms with Crippen LogP contribution in [0.1, 0.15) is 45.4 Å². The fourth-order valence-corrected chi connectivity index (χ4v) is 2.69. The minimum atomic E-state index is -0.814. The van der Waals surface area contributed by atoms with Crippen LogP contribution in [-0.4, -0.2) is 34.0 Å². The van der Waals surface area contributed by atoms with Crippen LogP contribution in [0.5, 0.6) is 0 Å². The Morgan fingerprint density at radius 3 is 2.25 bits per heavy atom. The van der Waals surface area contributed by atoms with Crippen molar-refractivity contribution in [3.8, 4) is 0 Å². The lowest BCUT2D eigenvalue weighted by Crippen LogP contribution is -2.50. The highest BCUT2D eigenvalue weighted by molar-refractivity contribution is 5.97. The molecule has 4 nitrogen and oxygen atoms in total. The van der Waals surface area contributed by atoms with Crippen LogP contribution in [0.4, 0.5) is 0 Å². The Labute approximate surface area is 95.6 Å². The van der Waals surface area contributed by atoms with Crippen LogP contribution in [0.25, 0.3) is 0 Å². The highest BCUT2D eigenvalue weighted by Gasteiger charge is 2.39. The molecular formula is C12H19NO3. The summed E-state index contributed by atoms with van der Waals surface area (Å²) in [5.41, 5.74) is -0.814. The zero-order valence-corrected chi connectivity index (χ0v) is 9.74. The molecule has 0 aromatic rings. The first-order valence-electron chi connectivity index (χ1n) is 6.06. The molecule has 1 N–H and O–H groups in total. The topological polar surface area (TPSA) is 57.6 Å². The average molecular weight is 225 g/mol. The van der Waals surface area contributed by atoms with Gasteiger partial charge in [0.2, 0.25) is 11.8 Å². The number of hydrogen-bond donors (Lipinski definition) is 1. The maximum atomic E-state index is 11.7. The van der Waals surface area contributed by atoms with Gasteiger partial charge in [-0.15, -0.1) is 0 Å². The maximum absolute atomic E-state index is 11.7. The summed E-state index contributed by atoms with van der Waals surface area (Å²) in [5, 5.41) is 10.2. The highest BCUT2D eigenvalue weighted by atomic mass is 16.3. The molecule has 1 saturated carbocycles. The maximum Gasteiger partial charge on any atom is 0.229 e. The standard InChI is InChI=1S/C12H19NO3/c1-9-6-10(14)13(11(15)7-9)8-12(16)4-2-3-5-12/h9,16H,2-8H2,1H3. The van der Waals surface area contributed by atoms with Crippen molar-refractivity contribution in [2.45, 2.75) is 51.0 Å². The third-order valence-electron chi connectivity index (χ3n) is 3.63. The Bertz CT molecular complexity index is 289. The van der Waals surface area contributed by atoms with Crippen LogP contribution >= 0.6 is 0 Å². The van der Waals surface area contributed by atoms with Crippen LogP contribution in [-0.2, 0) is 9.59 Å². The molecule has 2 fully saturated rings. The third kappa shape index (κ3) is 2.26. The number of rotatable bonds is 2. The second-order valence-corrected chi connectivity index (χ2v) is 5.32. The van der Waals surface area contributed by atoms with E-state index in [2.05, 4.69) is 0 Å². The van der Waals surface area contributed by atoms with Crippen molar-refractivity contribution in [1.82, 2.24) is 4.90 Å². The number of piperidine rings is 1. The first-order valence-corrected chi connectivity index (χ1v) is 6.06. The summed E-state index contributed by atoms with van der Waals surface area (Å²) >= 11 is 0. The fourth-order valence-electron chi connectivity index (χ4n) is 2.69. The van der Waals surface area contributed by atoms with Gasteiger partial charge in [0.15, 0.2) is 0 Å². The molecule has 0 bridgehead atoms. The number of hydrogen-bond acceptors (Lipinski definition) is 3. The van der Waals surface area contributed by atoms with Crippen molar-refractivity contribution in [2.24, 2.45) is 5.92 Å². The largest absolute Gasteiger partial charge is 0.388 e. The smallest absolute Gasteiger partial charge is 0.229 e. The van der Waals surface area contributed by atoms with Crippen LogP contribution in [0.3, 0.4) is 0 Å². The van der Waals surface area contributed by atoms with Crippen LogP contribution in [0.2, 0.25) is 0 Å². The Morgan fingerprint density at radius 1 is 1.25 bits per heavy atom. The van der Waals surface area contributed by atoms with Gasteiger partial charge in [-0.3, -0.25) is 14.5 Å². The molecule has 90 valence electrons. The molecule has 2 rings (SSSR count). The van der Waals surface area contributed by atoms with E-state index in [1.807, 2.05) is 6.92 Å². The third-order valence-corrected chi connectivity index (χ3v) is 3.63. The van der Waals surface area contributed by atoms with E-state index in [0.29, 0.717) is 25.7 Å². The summed E-state index contributed by atoms with van der Waals surface area (Å²) in [6, 6.07) is 0. The van der Waals surface area contributed by atoms with Gasteiger partial charge in [-0.25, -0.2) is 0 Å². The van der Waals surface area contributed by atoms with Gasteiger partial charge in [-0.05, 0) is 18.8 Å². The second-order valence-electron chi connectivity index (χ2n) is 5.32. The van der Waals surface area contributed by atoms with E-state index in [1.54, 1.807) is 0 Å². The first-order chi connectivity index (χ1) is 7.50. The zero-order valence-electron chi connectivity index (χ0n) is 9.74. The van der Waals surface area contributed by atoms with E-state index in [9.17, 15) is 14.7 Å². The lowest BCUT2D eigenvalue weighted by Gasteiger charge is -2.34. The van der Waals surface area contributed by atoms with Crippen molar-refractivity contribution in [1.29, 1.82) is 0 Å². The molecule has 1 saturated heterocycles. The van der Waals surface area contributed by atoms with E-state index in [4.69, 9.17) is 0 Å². The molecule has 0 aromatic carbocycles. The number of nitrogens with zero attached hydrogens (tertiary/aromatic N) is 1. The van der Waals surface area contributed by atoms with Crippen molar-refractivity contribution in [3.63, 3.8) is 0 Å². The van der Waals surface area contributed by atoms with Crippen molar-refractivity contribution < 1.29 is 14.7 Å². The molecule has 1 aliphatic carbocycles. The molecule has 16 heavy (non-hydrogen) atoms. The van der Waals surface area contributed by atoms with Crippen LogP contribution in [0, 0.1) is 5.92 Å². The van der Waals surface area contributed by atoms with Crippen LogP contribution in [0.15, 0.2) is 0 Å². The fraction of sp³-hybridized carbons (Fsp3) is 0.833. The SMILES string of the molecule is CC1CC(=O)N(CC2(O)CCCC2)C(=O)C1. The average Bonchev–Trinajstić information content (AvgIpc) is 2.59. The highest BCUT2D eigenvalue weighted by Crippen LogP contribution is 2.31. The first kappa shape index (κ1) is 11.6. The Kier molecular flexibility index (Phi) is 3.02. The number of β-amino-alcohol motifs (C(OH)–C–C–N with tert-alkyl or cyclic N) is 1. The van der Waals surface area contributed by atoms with Gasteiger partial charge in [0.1, 0.15) is 0 Å². The summed E-state index contributed by atoms with van der Waals surface area (Å²) in [6.45, 7) is 2.12. The summed E-state index contributed by atoms with van der Waals surface area (Å²) in [5.74, 6) is -0.0948. The Morgan fingerprint density at radius 2 is 1.75 bits per heavy atom. The number of carbonyl (C=O) groups is 2.